The van der Waals surface area contributed by atoms with Gasteiger partial charge >= 0.3 is 0 Å². The van der Waals surface area contributed by atoms with Crippen LogP contribution in [-0.2, 0) is 11.3 Å². The van der Waals surface area contributed by atoms with Crippen molar-refractivity contribution in [1.29, 1.82) is 0 Å². The summed E-state index contributed by atoms with van der Waals surface area (Å²) >= 11 is 0. The first-order chi connectivity index (χ1) is 15.6. The molecule has 0 saturated carbocycles. The topological polar surface area (TPSA) is 89.2 Å². The van der Waals surface area contributed by atoms with E-state index in [1.807, 2.05) is 12.3 Å². The largest absolute Gasteiger partial charge is 0.404 e. The molecule has 0 radical (unpaired) electrons. The van der Waals surface area contributed by atoms with E-state index >= 15 is 0 Å². The van der Waals surface area contributed by atoms with Crippen LogP contribution in [0.15, 0.2) is 36.8 Å². The Labute approximate surface area is 192 Å². The number of piperidine rings is 1. The number of rotatable bonds is 11. The second-order valence-electron chi connectivity index (χ2n) is 8.42. The second kappa shape index (κ2) is 12.4. The summed E-state index contributed by atoms with van der Waals surface area (Å²) < 4.78 is 5.98. The summed E-state index contributed by atoms with van der Waals surface area (Å²) in [6, 6.07) is 6.49. The predicted molar refractivity (Wildman–Crippen MR) is 131 cm³/mol. The Balaban J connectivity index is 1.82. The average molecular weight is 439 g/mol. The summed E-state index contributed by atoms with van der Waals surface area (Å²) in [5.74, 6) is 2.47. The van der Waals surface area contributed by atoms with Gasteiger partial charge in [-0.25, -0.2) is 9.97 Å². The fourth-order valence-electron chi connectivity index (χ4n) is 3.99. The van der Waals surface area contributed by atoms with Gasteiger partial charge in [-0.15, -0.1) is 0 Å². The predicted octanol–water partition coefficient (Wildman–Crippen LogP) is 4.76. The van der Waals surface area contributed by atoms with E-state index in [9.17, 15) is 0 Å². The summed E-state index contributed by atoms with van der Waals surface area (Å²) in [7, 11) is 0. The van der Waals surface area contributed by atoms with Crippen molar-refractivity contribution in [2.24, 2.45) is 5.73 Å². The molecule has 2 aromatic heterocycles. The number of nitrogens with one attached hydrogen (secondary N) is 1. The van der Waals surface area contributed by atoms with E-state index in [1.54, 1.807) is 12.4 Å². The Hall–Kier alpha value is -2.67. The maximum absolute atomic E-state index is 5.98. The Morgan fingerprint density at radius 3 is 2.94 bits per heavy atom. The Morgan fingerprint density at radius 1 is 1.34 bits per heavy atom. The molecule has 32 heavy (non-hydrogen) atoms. The van der Waals surface area contributed by atoms with E-state index in [4.69, 9.17) is 20.4 Å². The van der Waals surface area contributed by atoms with Crippen molar-refractivity contribution in [2.45, 2.75) is 78.0 Å². The van der Waals surface area contributed by atoms with Gasteiger partial charge < -0.3 is 20.7 Å². The lowest BCUT2D eigenvalue weighted by Gasteiger charge is -2.37. The SMILES string of the molecule is CC/C(=C/N)c1nc(NCc2cccnc2)cc(N2CCCC[C@H]2CCOC(C)CC)n1. The smallest absolute Gasteiger partial charge is 0.161 e. The molecule has 3 rings (SSSR count). The van der Waals surface area contributed by atoms with Gasteiger partial charge in [-0.3, -0.25) is 4.98 Å². The third kappa shape index (κ3) is 6.66. The highest BCUT2D eigenvalue weighted by atomic mass is 16.5. The van der Waals surface area contributed by atoms with Gasteiger partial charge in [-0.05, 0) is 57.1 Å². The van der Waals surface area contributed by atoms with Crippen molar-refractivity contribution >= 4 is 17.2 Å². The zero-order valence-electron chi connectivity index (χ0n) is 19.8. The first-order valence-corrected chi connectivity index (χ1v) is 12.0. The Kier molecular flexibility index (Phi) is 9.28. The number of anilines is 2. The summed E-state index contributed by atoms with van der Waals surface area (Å²) in [4.78, 5) is 16.3. The molecule has 7 nitrogen and oxygen atoms in total. The zero-order valence-corrected chi connectivity index (χ0v) is 19.8. The molecule has 174 valence electrons. The van der Waals surface area contributed by atoms with E-state index < -0.39 is 0 Å². The van der Waals surface area contributed by atoms with Crippen LogP contribution in [0.3, 0.4) is 0 Å². The third-order valence-corrected chi connectivity index (χ3v) is 6.13. The number of nitrogens with two attached hydrogens (primary N) is 1. The van der Waals surface area contributed by atoms with Gasteiger partial charge in [0.15, 0.2) is 5.82 Å². The molecule has 1 aliphatic rings. The highest BCUT2D eigenvalue weighted by Gasteiger charge is 2.25. The molecule has 2 atom stereocenters. The van der Waals surface area contributed by atoms with Crippen LogP contribution >= 0.6 is 0 Å². The lowest BCUT2D eigenvalue weighted by Crippen LogP contribution is -2.41. The molecule has 7 heteroatoms. The molecule has 2 aromatic rings. The Bertz CT molecular complexity index is 857. The van der Waals surface area contributed by atoms with Crippen LogP contribution in [0.4, 0.5) is 11.6 Å². The van der Waals surface area contributed by atoms with Gasteiger partial charge in [0.25, 0.3) is 0 Å². The van der Waals surface area contributed by atoms with Crippen LogP contribution in [0, 0.1) is 0 Å². The molecule has 3 heterocycles. The van der Waals surface area contributed by atoms with Gasteiger partial charge in [0.2, 0.25) is 0 Å². The number of pyridine rings is 1. The quantitative estimate of drug-likeness (QED) is 0.523. The van der Waals surface area contributed by atoms with Crippen LogP contribution in [0.25, 0.3) is 5.57 Å². The molecular weight excluding hydrogens is 400 g/mol. The summed E-state index contributed by atoms with van der Waals surface area (Å²) in [5.41, 5.74) is 7.95. The van der Waals surface area contributed by atoms with Crippen LogP contribution in [0.1, 0.15) is 70.7 Å². The second-order valence-corrected chi connectivity index (χ2v) is 8.42. The highest BCUT2D eigenvalue weighted by Crippen LogP contribution is 2.28. The fraction of sp³-hybridized carbons (Fsp3) is 0.560. The minimum absolute atomic E-state index is 0.308. The minimum atomic E-state index is 0.308. The van der Waals surface area contributed by atoms with Crippen LogP contribution in [-0.4, -0.2) is 40.2 Å². The number of hydrogen-bond acceptors (Lipinski definition) is 7. The van der Waals surface area contributed by atoms with Crippen molar-refractivity contribution in [3.05, 3.63) is 48.2 Å². The summed E-state index contributed by atoms with van der Waals surface area (Å²) in [5, 5.41) is 3.45. The van der Waals surface area contributed by atoms with Crippen molar-refractivity contribution in [3.8, 4) is 0 Å². The molecular formula is C25H38N6O. The highest BCUT2D eigenvalue weighted by molar-refractivity contribution is 5.63. The molecule has 1 saturated heterocycles. The van der Waals surface area contributed by atoms with Gasteiger partial charge in [-0.1, -0.05) is 19.9 Å². The lowest BCUT2D eigenvalue weighted by molar-refractivity contribution is 0.0573. The monoisotopic (exact) mass is 438 g/mol. The van der Waals surface area contributed by atoms with E-state index in [0.717, 1.165) is 61.6 Å². The zero-order chi connectivity index (χ0) is 22.8. The fourth-order valence-corrected chi connectivity index (χ4v) is 3.99. The first kappa shape index (κ1) is 24.0. The summed E-state index contributed by atoms with van der Waals surface area (Å²) in [6.45, 7) is 8.82. The van der Waals surface area contributed by atoms with Gasteiger partial charge in [-0.2, -0.15) is 0 Å². The van der Waals surface area contributed by atoms with Gasteiger partial charge in [0, 0.05) is 56.0 Å². The number of ether oxygens (including phenoxy) is 1. The van der Waals surface area contributed by atoms with Crippen LogP contribution in [0.5, 0.6) is 0 Å². The Morgan fingerprint density at radius 2 is 2.22 bits per heavy atom. The maximum atomic E-state index is 5.98. The minimum Gasteiger partial charge on any atom is -0.404 e. The molecule has 0 aromatic carbocycles. The van der Waals surface area contributed by atoms with E-state index in [1.165, 1.54) is 12.8 Å². The standard InChI is InChI=1S/C25H38N6O/c1-4-19(3)32-14-11-22-10-6-7-13-31(22)24-15-23(28-18-20-9-8-12-27-17-20)29-25(30-24)21(5-2)16-26/h8-9,12,15-17,19,22H,4-7,10-11,13-14,18,26H2,1-3H3,(H,28,29,30)/b21-16-/t19?,22-/m0/s1. The number of hydrogen-bond donors (Lipinski definition) is 2. The van der Waals surface area contributed by atoms with Gasteiger partial charge in [0.1, 0.15) is 11.6 Å². The molecule has 0 amide bonds. The van der Waals surface area contributed by atoms with Crippen LogP contribution in [0.2, 0.25) is 0 Å². The molecule has 1 fully saturated rings. The van der Waals surface area contributed by atoms with Crippen molar-refractivity contribution in [2.75, 3.05) is 23.4 Å². The van der Waals surface area contributed by atoms with Crippen LogP contribution < -0.4 is 16.0 Å². The number of aromatic nitrogens is 3. The maximum Gasteiger partial charge on any atom is 0.161 e. The molecule has 1 unspecified atom stereocenters. The van der Waals surface area contributed by atoms with Gasteiger partial charge in [0.05, 0.1) is 6.10 Å². The summed E-state index contributed by atoms with van der Waals surface area (Å²) in [6.07, 6.45) is 12.0. The molecule has 0 spiro atoms. The third-order valence-electron chi connectivity index (χ3n) is 6.13. The normalized spacial score (nSPS) is 17.9. The number of nitrogens with zero attached hydrogens (tertiary/aromatic N) is 4. The van der Waals surface area contributed by atoms with E-state index in [-0.39, 0.29) is 0 Å². The van der Waals surface area contributed by atoms with Crippen molar-refractivity contribution < 1.29 is 4.74 Å². The average Bonchev–Trinajstić information content (AvgIpc) is 2.84. The molecule has 3 N–H and O–H groups in total. The number of allylic oxidation sites excluding steroid dienone is 1. The molecule has 0 bridgehead atoms. The van der Waals surface area contributed by atoms with E-state index in [2.05, 4.69) is 48.1 Å². The molecule has 1 aliphatic heterocycles. The first-order valence-electron chi connectivity index (χ1n) is 12.0. The van der Waals surface area contributed by atoms with E-state index in [0.29, 0.717) is 24.5 Å². The molecule has 0 aliphatic carbocycles. The van der Waals surface area contributed by atoms with Crippen molar-refractivity contribution in [3.63, 3.8) is 0 Å². The lowest BCUT2D eigenvalue weighted by atomic mass is 9.99. The van der Waals surface area contributed by atoms with Crippen molar-refractivity contribution in [1.82, 2.24) is 15.0 Å².